The van der Waals surface area contributed by atoms with E-state index in [9.17, 15) is 4.79 Å². The van der Waals surface area contributed by atoms with Gasteiger partial charge in [0.05, 0.1) is 5.54 Å². The third kappa shape index (κ3) is 1.70. The maximum atomic E-state index is 11.6. The maximum Gasteiger partial charge on any atom is 0.240 e. The Morgan fingerprint density at radius 1 is 1.46 bits per heavy atom. The molecule has 0 aromatic carbocycles. The summed E-state index contributed by atoms with van der Waals surface area (Å²) in [7, 11) is 0. The summed E-state index contributed by atoms with van der Waals surface area (Å²) in [6.07, 6.45) is 4.18. The topological polar surface area (TPSA) is 55.1 Å². The molecule has 0 aliphatic heterocycles. The third-order valence-electron chi connectivity index (χ3n) is 3.27. The number of hydrogen-bond acceptors (Lipinski definition) is 2. The molecule has 0 aromatic rings. The lowest BCUT2D eigenvalue weighted by Gasteiger charge is -2.27. The molecule has 0 aromatic heterocycles. The molecule has 2 rings (SSSR count). The van der Waals surface area contributed by atoms with Gasteiger partial charge in [-0.2, -0.15) is 0 Å². The first-order valence-corrected chi connectivity index (χ1v) is 5.06. The van der Waals surface area contributed by atoms with Crippen LogP contribution in [0.15, 0.2) is 0 Å². The molecular weight excluding hydrogens is 164 g/mol. The Kier molecular flexibility index (Phi) is 1.71. The van der Waals surface area contributed by atoms with E-state index in [-0.39, 0.29) is 11.4 Å². The van der Waals surface area contributed by atoms with E-state index in [1.807, 2.05) is 0 Å². The minimum Gasteiger partial charge on any atom is -0.349 e. The van der Waals surface area contributed by atoms with Gasteiger partial charge in [-0.25, -0.2) is 0 Å². The second-order valence-electron chi connectivity index (χ2n) is 5.11. The smallest absolute Gasteiger partial charge is 0.240 e. The molecule has 0 atom stereocenters. The summed E-state index contributed by atoms with van der Waals surface area (Å²) in [5, 5.41) is 3.06. The minimum absolute atomic E-state index is 0.0457. The van der Waals surface area contributed by atoms with Crippen molar-refractivity contribution >= 4 is 5.91 Å². The van der Waals surface area contributed by atoms with Crippen molar-refractivity contribution < 1.29 is 4.79 Å². The monoisotopic (exact) mass is 182 g/mol. The summed E-state index contributed by atoms with van der Waals surface area (Å²) < 4.78 is 0. The van der Waals surface area contributed by atoms with Gasteiger partial charge in [-0.05, 0) is 45.4 Å². The van der Waals surface area contributed by atoms with E-state index in [2.05, 4.69) is 19.2 Å². The molecule has 0 saturated heterocycles. The zero-order chi connectivity index (χ0) is 9.69. The lowest BCUT2D eigenvalue weighted by atomic mass is 9.98. The van der Waals surface area contributed by atoms with Crippen molar-refractivity contribution in [3.63, 3.8) is 0 Å². The van der Waals surface area contributed by atoms with Crippen LogP contribution in [-0.2, 0) is 4.79 Å². The van der Waals surface area contributed by atoms with E-state index in [1.165, 1.54) is 12.8 Å². The van der Waals surface area contributed by atoms with Crippen LogP contribution in [0.5, 0.6) is 0 Å². The van der Waals surface area contributed by atoms with E-state index in [1.54, 1.807) is 0 Å². The van der Waals surface area contributed by atoms with Gasteiger partial charge in [-0.1, -0.05) is 0 Å². The SMILES string of the molecule is CC(C)(NC(=O)C1(N)CC1)C1CC1. The molecule has 0 unspecified atom stereocenters. The third-order valence-corrected chi connectivity index (χ3v) is 3.27. The van der Waals surface area contributed by atoms with Crippen LogP contribution in [0.1, 0.15) is 39.5 Å². The summed E-state index contributed by atoms with van der Waals surface area (Å²) >= 11 is 0. The Labute approximate surface area is 79.1 Å². The van der Waals surface area contributed by atoms with Gasteiger partial charge in [-0.3, -0.25) is 4.79 Å². The Hall–Kier alpha value is -0.570. The first kappa shape index (κ1) is 9.00. The van der Waals surface area contributed by atoms with Crippen molar-refractivity contribution in [2.75, 3.05) is 0 Å². The van der Waals surface area contributed by atoms with Gasteiger partial charge < -0.3 is 11.1 Å². The number of hydrogen-bond donors (Lipinski definition) is 2. The fraction of sp³-hybridized carbons (Fsp3) is 0.900. The van der Waals surface area contributed by atoms with E-state index in [0.29, 0.717) is 5.92 Å². The Morgan fingerprint density at radius 3 is 2.38 bits per heavy atom. The fourth-order valence-electron chi connectivity index (χ4n) is 1.69. The summed E-state index contributed by atoms with van der Waals surface area (Å²) in [6.45, 7) is 4.18. The Balaban J connectivity index is 1.92. The highest BCUT2D eigenvalue weighted by molar-refractivity contribution is 5.89. The van der Waals surface area contributed by atoms with Crippen molar-refractivity contribution in [2.24, 2.45) is 11.7 Å². The van der Waals surface area contributed by atoms with Crippen LogP contribution in [0.2, 0.25) is 0 Å². The average Bonchev–Trinajstić information content (AvgIpc) is 2.78. The number of rotatable bonds is 3. The molecule has 2 fully saturated rings. The summed E-state index contributed by atoms with van der Waals surface area (Å²) in [6, 6.07) is 0. The molecule has 3 nitrogen and oxygen atoms in total. The minimum atomic E-state index is -0.522. The van der Waals surface area contributed by atoms with Gasteiger partial charge in [0.25, 0.3) is 0 Å². The molecule has 74 valence electrons. The second-order valence-corrected chi connectivity index (χ2v) is 5.11. The molecule has 1 amide bonds. The highest BCUT2D eigenvalue weighted by Crippen LogP contribution is 2.40. The summed E-state index contributed by atoms with van der Waals surface area (Å²) in [5.74, 6) is 0.711. The van der Waals surface area contributed by atoms with E-state index >= 15 is 0 Å². The van der Waals surface area contributed by atoms with Crippen LogP contribution in [-0.4, -0.2) is 17.0 Å². The fourth-order valence-corrected chi connectivity index (χ4v) is 1.69. The quantitative estimate of drug-likeness (QED) is 0.677. The van der Waals surface area contributed by atoms with Crippen molar-refractivity contribution in [3.8, 4) is 0 Å². The largest absolute Gasteiger partial charge is 0.349 e. The van der Waals surface area contributed by atoms with E-state index in [0.717, 1.165) is 12.8 Å². The van der Waals surface area contributed by atoms with Crippen LogP contribution in [0.3, 0.4) is 0 Å². The molecule has 3 N–H and O–H groups in total. The average molecular weight is 182 g/mol. The van der Waals surface area contributed by atoms with Crippen LogP contribution >= 0.6 is 0 Å². The van der Waals surface area contributed by atoms with Crippen molar-refractivity contribution in [1.29, 1.82) is 0 Å². The van der Waals surface area contributed by atoms with Crippen LogP contribution < -0.4 is 11.1 Å². The lowest BCUT2D eigenvalue weighted by molar-refractivity contribution is -0.125. The van der Waals surface area contributed by atoms with Crippen molar-refractivity contribution in [3.05, 3.63) is 0 Å². The number of nitrogens with two attached hydrogens (primary N) is 1. The van der Waals surface area contributed by atoms with Gasteiger partial charge in [0.2, 0.25) is 5.91 Å². The second kappa shape index (κ2) is 2.47. The van der Waals surface area contributed by atoms with Crippen LogP contribution in [0.25, 0.3) is 0 Å². The highest BCUT2D eigenvalue weighted by Gasteiger charge is 2.49. The number of nitrogens with one attached hydrogen (secondary N) is 1. The molecule has 0 spiro atoms. The first-order chi connectivity index (χ1) is 5.94. The standard InChI is InChI=1S/C10H18N2O/c1-9(2,7-3-4-7)12-8(13)10(11)5-6-10/h7H,3-6,11H2,1-2H3,(H,12,13). The van der Waals surface area contributed by atoms with Gasteiger partial charge in [0.15, 0.2) is 0 Å². The maximum absolute atomic E-state index is 11.6. The molecule has 2 aliphatic carbocycles. The van der Waals surface area contributed by atoms with E-state index in [4.69, 9.17) is 5.73 Å². The molecule has 0 heterocycles. The van der Waals surface area contributed by atoms with E-state index < -0.39 is 5.54 Å². The molecule has 0 radical (unpaired) electrons. The summed E-state index contributed by atoms with van der Waals surface area (Å²) in [4.78, 5) is 11.6. The molecule has 2 saturated carbocycles. The van der Waals surface area contributed by atoms with Gasteiger partial charge in [0, 0.05) is 5.54 Å². The first-order valence-electron chi connectivity index (χ1n) is 5.06. The zero-order valence-corrected chi connectivity index (χ0v) is 8.39. The van der Waals surface area contributed by atoms with Crippen molar-refractivity contribution in [2.45, 2.75) is 50.6 Å². The zero-order valence-electron chi connectivity index (χ0n) is 8.39. The molecule has 2 aliphatic rings. The predicted octanol–water partition coefficient (Wildman–Crippen LogP) is 0.782. The normalized spacial score (nSPS) is 25.5. The molecule has 3 heteroatoms. The molecule has 0 bridgehead atoms. The lowest BCUT2D eigenvalue weighted by Crippen LogP contribution is -2.52. The van der Waals surface area contributed by atoms with Crippen molar-refractivity contribution in [1.82, 2.24) is 5.32 Å². The Morgan fingerprint density at radius 2 is 2.00 bits per heavy atom. The summed E-state index contributed by atoms with van der Waals surface area (Å²) in [5.41, 5.74) is 5.23. The van der Waals surface area contributed by atoms with Gasteiger partial charge in [0.1, 0.15) is 0 Å². The van der Waals surface area contributed by atoms with Crippen LogP contribution in [0, 0.1) is 5.92 Å². The van der Waals surface area contributed by atoms with Gasteiger partial charge >= 0.3 is 0 Å². The molecule has 13 heavy (non-hydrogen) atoms. The Bertz CT molecular complexity index is 239. The van der Waals surface area contributed by atoms with Crippen LogP contribution in [0.4, 0.5) is 0 Å². The van der Waals surface area contributed by atoms with Gasteiger partial charge in [-0.15, -0.1) is 0 Å². The number of amides is 1. The number of carbonyl (C=O) groups excluding carboxylic acids is 1. The number of carbonyl (C=O) groups is 1. The molecular formula is C10H18N2O. The predicted molar refractivity (Wildman–Crippen MR) is 51.1 cm³/mol. The highest BCUT2D eigenvalue weighted by atomic mass is 16.2.